The highest BCUT2D eigenvalue weighted by Crippen LogP contribution is 2.38. The van der Waals surface area contributed by atoms with Gasteiger partial charge < -0.3 is 5.32 Å². The van der Waals surface area contributed by atoms with Crippen molar-refractivity contribution < 1.29 is 4.79 Å². The SMILES string of the molecule is Cc1ccnc(N2C(=O)c3ccccc3[C@@H]2Nc2ccc(C)cc2Cl)c1. The van der Waals surface area contributed by atoms with E-state index in [1.165, 1.54) is 0 Å². The molecule has 0 saturated heterocycles. The lowest BCUT2D eigenvalue weighted by Crippen LogP contribution is -2.33. The number of pyridine rings is 1. The first-order valence-corrected chi connectivity index (χ1v) is 8.80. The van der Waals surface area contributed by atoms with Gasteiger partial charge in [-0.05, 0) is 55.3 Å². The maximum Gasteiger partial charge on any atom is 0.261 e. The highest BCUT2D eigenvalue weighted by Gasteiger charge is 2.38. The van der Waals surface area contributed by atoms with Crippen molar-refractivity contribution >= 4 is 29.0 Å². The minimum Gasteiger partial charge on any atom is -0.360 e. The predicted octanol–water partition coefficient (Wildman–Crippen LogP) is 5.12. The molecule has 26 heavy (non-hydrogen) atoms. The van der Waals surface area contributed by atoms with E-state index < -0.39 is 0 Å². The van der Waals surface area contributed by atoms with E-state index >= 15 is 0 Å². The van der Waals surface area contributed by atoms with Crippen LogP contribution in [0.25, 0.3) is 0 Å². The Morgan fingerprint density at radius 1 is 1.04 bits per heavy atom. The highest BCUT2D eigenvalue weighted by atomic mass is 35.5. The normalized spacial score (nSPS) is 15.9. The van der Waals surface area contributed by atoms with Crippen molar-refractivity contribution in [1.82, 2.24) is 4.98 Å². The van der Waals surface area contributed by atoms with Gasteiger partial charge >= 0.3 is 0 Å². The molecular formula is C21H18ClN3O. The Morgan fingerprint density at radius 2 is 1.81 bits per heavy atom. The molecule has 0 saturated carbocycles. The van der Waals surface area contributed by atoms with Gasteiger partial charge in [-0.3, -0.25) is 9.69 Å². The average Bonchev–Trinajstić information content (AvgIpc) is 2.90. The van der Waals surface area contributed by atoms with Gasteiger partial charge in [0.05, 0.1) is 10.7 Å². The number of aromatic nitrogens is 1. The molecule has 1 N–H and O–H groups in total. The third-order valence-corrected chi connectivity index (χ3v) is 4.84. The highest BCUT2D eigenvalue weighted by molar-refractivity contribution is 6.33. The summed E-state index contributed by atoms with van der Waals surface area (Å²) >= 11 is 6.41. The second kappa shape index (κ2) is 6.46. The first-order valence-electron chi connectivity index (χ1n) is 8.42. The van der Waals surface area contributed by atoms with Gasteiger partial charge in [0.2, 0.25) is 0 Å². The van der Waals surface area contributed by atoms with Crippen LogP contribution in [0.5, 0.6) is 0 Å². The summed E-state index contributed by atoms with van der Waals surface area (Å²) < 4.78 is 0. The topological polar surface area (TPSA) is 45.2 Å². The fraction of sp³-hybridized carbons (Fsp3) is 0.143. The molecule has 5 heteroatoms. The maximum absolute atomic E-state index is 13.1. The molecule has 1 aliphatic rings. The lowest BCUT2D eigenvalue weighted by Gasteiger charge is -2.27. The van der Waals surface area contributed by atoms with Crippen LogP contribution in [-0.4, -0.2) is 10.9 Å². The van der Waals surface area contributed by atoms with Crippen LogP contribution in [0.1, 0.15) is 33.2 Å². The summed E-state index contributed by atoms with van der Waals surface area (Å²) in [5.74, 6) is 0.548. The largest absolute Gasteiger partial charge is 0.360 e. The van der Waals surface area contributed by atoms with Crippen molar-refractivity contribution in [2.45, 2.75) is 20.0 Å². The summed E-state index contributed by atoms with van der Waals surface area (Å²) in [6.45, 7) is 3.98. The summed E-state index contributed by atoms with van der Waals surface area (Å²) in [6, 6.07) is 17.3. The number of hydrogen-bond acceptors (Lipinski definition) is 3. The number of halogens is 1. The summed E-state index contributed by atoms with van der Waals surface area (Å²) in [4.78, 5) is 19.2. The minimum atomic E-state index is -0.367. The molecule has 2 aromatic carbocycles. The van der Waals surface area contributed by atoms with E-state index in [4.69, 9.17) is 11.6 Å². The number of anilines is 2. The first kappa shape index (κ1) is 16.6. The van der Waals surface area contributed by atoms with Crippen LogP contribution in [-0.2, 0) is 0 Å². The molecule has 4 rings (SSSR count). The van der Waals surface area contributed by atoms with Gasteiger partial charge in [0, 0.05) is 17.3 Å². The Bertz CT molecular complexity index is 1000. The van der Waals surface area contributed by atoms with Crippen molar-refractivity contribution in [2.75, 3.05) is 10.2 Å². The molecule has 1 atom stereocenters. The van der Waals surface area contributed by atoms with E-state index in [1.807, 2.05) is 68.4 Å². The molecular weight excluding hydrogens is 346 g/mol. The lowest BCUT2D eigenvalue weighted by molar-refractivity contribution is 0.0992. The number of carbonyl (C=O) groups is 1. The third-order valence-electron chi connectivity index (χ3n) is 4.53. The van der Waals surface area contributed by atoms with Crippen molar-refractivity contribution in [2.24, 2.45) is 0 Å². The van der Waals surface area contributed by atoms with E-state index in [0.29, 0.717) is 16.4 Å². The number of fused-ring (bicyclic) bond motifs is 1. The molecule has 3 aromatic rings. The molecule has 0 radical (unpaired) electrons. The van der Waals surface area contributed by atoms with Crippen LogP contribution in [0.4, 0.5) is 11.5 Å². The minimum absolute atomic E-state index is 0.0700. The molecule has 0 spiro atoms. The number of nitrogens with one attached hydrogen (secondary N) is 1. The number of nitrogens with zero attached hydrogens (tertiary/aromatic N) is 2. The van der Waals surface area contributed by atoms with Gasteiger partial charge in [-0.25, -0.2) is 4.98 Å². The number of hydrogen-bond donors (Lipinski definition) is 1. The van der Waals surface area contributed by atoms with Crippen molar-refractivity contribution in [3.05, 3.63) is 88.1 Å². The Balaban J connectivity index is 1.81. The van der Waals surface area contributed by atoms with Gasteiger partial charge in [-0.15, -0.1) is 0 Å². The van der Waals surface area contributed by atoms with Crippen molar-refractivity contribution in [3.8, 4) is 0 Å². The molecule has 130 valence electrons. The van der Waals surface area contributed by atoms with E-state index in [2.05, 4.69) is 10.3 Å². The fourth-order valence-electron chi connectivity index (χ4n) is 3.23. The van der Waals surface area contributed by atoms with Crippen molar-refractivity contribution in [3.63, 3.8) is 0 Å². The third kappa shape index (κ3) is 2.82. The zero-order chi connectivity index (χ0) is 18.3. The summed E-state index contributed by atoms with van der Waals surface area (Å²) in [5.41, 5.74) is 4.50. The zero-order valence-corrected chi connectivity index (χ0v) is 15.3. The summed E-state index contributed by atoms with van der Waals surface area (Å²) in [6.07, 6.45) is 1.35. The molecule has 0 aliphatic carbocycles. The molecule has 0 fully saturated rings. The number of rotatable bonds is 3. The first-order chi connectivity index (χ1) is 12.5. The number of aryl methyl sites for hydroxylation is 2. The van der Waals surface area contributed by atoms with Gasteiger partial charge in [-0.1, -0.05) is 35.9 Å². The zero-order valence-electron chi connectivity index (χ0n) is 14.5. The smallest absolute Gasteiger partial charge is 0.261 e. The molecule has 0 bridgehead atoms. The monoisotopic (exact) mass is 363 g/mol. The average molecular weight is 364 g/mol. The van der Waals surface area contributed by atoms with Gasteiger partial charge in [0.1, 0.15) is 12.0 Å². The van der Waals surface area contributed by atoms with Crippen LogP contribution in [0.3, 0.4) is 0 Å². The number of carbonyl (C=O) groups excluding carboxylic acids is 1. The van der Waals surface area contributed by atoms with E-state index in [9.17, 15) is 4.79 Å². The van der Waals surface area contributed by atoms with Gasteiger partial charge in [-0.2, -0.15) is 0 Å². The second-order valence-corrected chi connectivity index (χ2v) is 6.89. The van der Waals surface area contributed by atoms with Gasteiger partial charge in [0.25, 0.3) is 5.91 Å². The number of benzene rings is 2. The van der Waals surface area contributed by atoms with Crippen LogP contribution in [0.2, 0.25) is 5.02 Å². The van der Waals surface area contributed by atoms with Crippen LogP contribution < -0.4 is 10.2 Å². The van der Waals surface area contributed by atoms with Crippen LogP contribution >= 0.6 is 11.6 Å². The summed E-state index contributed by atoms with van der Waals surface area (Å²) in [7, 11) is 0. The number of amides is 1. The molecule has 4 nitrogen and oxygen atoms in total. The standard InChI is InChI=1S/C21H18ClN3O/c1-13-7-8-18(17(22)11-13)24-20-15-5-3-4-6-16(15)21(26)25(20)19-12-14(2)9-10-23-19/h3-12,20,24H,1-2H3/t20-/m1/s1. The van der Waals surface area contributed by atoms with Gasteiger partial charge in [0.15, 0.2) is 0 Å². The Morgan fingerprint density at radius 3 is 2.58 bits per heavy atom. The Kier molecular flexibility index (Phi) is 4.13. The molecule has 0 unspecified atom stereocenters. The van der Waals surface area contributed by atoms with Crippen molar-refractivity contribution in [1.29, 1.82) is 0 Å². The van der Waals surface area contributed by atoms with Crippen LogP contribution in [0.15, 0.2) is 60.8 Å². The predicted molar refractivity (Wildman–Crippen MR) is 105 cm³/mol. The van der Waals surface area contributed by atoms with E-state index in [0.717, 1.165) is 22.4 Å². The molecule has 2 heterocycles. The molecule has 1 aliphatic heterocycles. The van der Waals surface area contributed by atoms with E-state index in [1.54, 1.807) is 11.1 Å². The Hall–Kier alpha value is -2.85. The summed E-state index contributed by atoms with van der Waals surface area (Å²) in [5, 5.41) is 4.05. The second-order valence-electron chi connectivity index (χ2n) is 6.48. The van der Waals surface area contributed by atoms with Crippen LogP contribution in [0, 0.1) is 13.8 Å². The van der Waals surface area contributed by atoms with E-state index in [-0.39, 0.29) is 12.1 Å². The molecule has 1 aromatic heterocycles. The quantitative estimate of drug-likeness (QED) is 0.702. The maximum atomic E-state index is 13.1. The lowest BCUT2D eigenvalue weighted by atomic mass is 10.1. The molecule has 1 amide bonds. The fourth-order valence-corrected chi connectivity index (χ4v) is 3.52. The Labute approximate surface area is 157 Å².